The van der Waals surface area contributed by atoms with Crippen molar-refractivity contribution in [3.8, 4) is 0 Å². The fourth-order valence-electron chi connectivity index (χ4n) is 1.70. The van der Waals surface area contributed by atoms with E-state index in [2.05, 4.69) is 25.6 Å². The van der Waals surface area contributed by atoms with Gasteiger partial charge in [0.25, 0.3) is 10.0 Å². The number of nitrogens with one attached hydrogen (secondary N) is 1. The van der Waals surface area contributed by atoms with E-state index in [1.165, 1.54) is 6.07 Å². The Kier molecular flexibility index (Phi) is 4.60. The Bertz CT molecular complexity index is 807. The van der Waals surface area contributed by atoms with Crippen LogP contribution in [0.2, 0.25) is 0 Å². The van der Waals surface area contributed by atoms with Crippen molar-refractivity contribution in [2.75, 3.05) is 4.72 Å². The molecule has 0 saturated carbocycles. The van der Waals surface area contributed by atoms with Gasteiger partial charge in [0, 0.05) is 10.0 Å². The number of halogens is 1. The zero-order valence-corrected chi connectivity index (χ0v) is 14.2. The number of pyridine rings is 1. The number of anilines is 1. The highest BCUT2D eigenvalue weighted by atomic mass is 79.9. The molecule has 0 aliphatic rings. The Balaban J connectivity index is 2.43. The summed E-state index contributed by atoms with van der Waals surface area (Å²) in [5.74, 6) is 0.230. The van der Waals surface area contributed by atoms with Gasteiger partial charge in [-0.05, 0) is 41.1 Å². The van der Waals surface area contributed by atoms with Crippen LogP contribution in [0.25, 0.3) is 0 Å². The zero-order valence-electron chi connectivity index (χ0n) is 11.0. The SMILES string of the molecule is Cc1nc(NS(=O)(=O)c2ccccc2C(N)=S)ccc1Br. The van der Waals surface area contributed by atoms with Crippen LogP contribution in [-0.4, -0.2) is 18.4 Å². The molecular formula is C13H12BrN3O2S2. The fourth-order valence-corrected chi connectivity index (χ4v) is 3.39. The van der Waals surface area contributed by atoms with Crippen LogP contribution < -0.4 is 10.5 Å². The van der Waals surface area contributed by atoms with E-state index < -0.39 is 10.0 Å². The predicted molar refractivity (Wildman–Crippen MR) is 89.8 cm³/mol. The highest BCUT2D eigenvalue weighted by Crippen LogP contribution is 2.21. The van der Waals surface area contributed by atoms with Crippen LogP contribution >= 0.6 is 28.1 Å². The maximum absolute atomic E-state index is 12.4. The highest BCUT2D eigenvalue weighted by Gasteiger charge is 2.20. The average Bonchev–Trinajstić information content (AvgIpc) is 2.42. The molecule has 0 atom stereocenters. The summed E-state index contributed by atoms with van der Waals surface area (Å²) < 4.78 is 28.1. The largest absolute Gasteiger partial charge is 0.389 e. The first-order valence-corrected chi connectivity index (χ1v) is 8.54. The molecule has 0 spiro atoms. The van der Waals surface area contributed by atoms with Crippen molar-refractivity contribution in [1.82, 2.24) is 4.98 Å². The predicted octanol–water partition coefficient (Wildman–Crippen LogP) is 2.59. The normalized spacial score (nSPS) is 11.1. The fraction of sp³-hybridized carbons (Fsp3) is 0.0769. The Morgan fingerprint density at radius 3 is 2.57 bits per heavy atom. The van der Waals surface area contributed by atoms with Gasteiger partial charge in [-0.3, -0.25) is 4.72 Å². The topological polar surface area (TPSA) is 85.1 Å². The smallest absolute Gasteiger partial charge is 0.263 e. The molecule has 0 amide bonds. The van der Waals surface area contributed by atoms with Crippen molar-refractivity contribution in [2.24, 2.45) is 5.73 Å². The minimum absolute atomic E-state index is 0.0240. The van der Waals surface area contributed by atoms with E-state index in [9.17, 15) is 8.42 Å². The molecule has 0 unspecified atom stereocenters. The molecule has 0 radical (unpaired) electrons. The Morgan fingerprint density at radius 2 is 1.95 bits per heavy atom. The van der Waals surface area contributed by atoms with Crippen LogP contribution in [0.3, 0.4) is 0 Å². The second-order valence-electron chi connectivity index (χ2n) is 4.23. The molecule has 3 N–H and O–H groups in total. The first-order valence-electron chi connectivity index (χ1n) is 5.86. The van der Waals surface area contributed by atoms with Gasteiger partial charge in [0.05, 0.1) is 10.6 Å². The van der Waals surface area contributed by atoms with Gasteiger partial charge < -0.3 is 5.73 Å². The lowest BCUT2D eigenvalue weighted by molar-refractivity contribution is 0.601. The van der Waals surface area contributed by atoms with E-state index in [0.29, 0.717) is 11.3 Å². The van der Waals surface area contributed by atoms with Gasteiger partial charge in [-0.15, -0.1) is 0 Å². The number of thiocarbonyl (C=S) groups is 1. The van der Waals surface area contributed by atoms with E-state index in [-0.39, 0.29) is 15.7 Å². The average molecular weight is 386 g/mol. The van der Waals surface area contributed by atoms with Crippen molar-refractivity contribution in [2.45, 2.75) is 11.8 Å². The maximum Gasteiger partial charge on any atom is 0.263 e. The summed E-state index contributed by atoms with van der Waals surface area (Å²) >= 11 is 8.20. The quantitative estimate of drug-likeness (QED) is 0.789. The van der Waals surface area contributed by atoms with E-state index in [4.69, 9.17) is 18.0 Å². The minimum atomic E-state index is -3.81. The van der Waals surface area contributed by atoms with Crippen molar-refractivity contribution in [1.29, 1.82) is 0 Å². The second-order valence-corrected chi connectivity index (χ2v) is 7.17. The third-order valence-electron chi connectivity index (χ3n) is 2.70. The van der Waals surface area contributed by atoms with Gasteiger partial charge in [-0.2, -0.15) is 0 Å². The summed E-state index contributed by atoms with van der Waals surface area (Å²) in [6, 6.07) is 9.59. The number of benzene rings is 1. The monoisotopic (exact) mass is 385 g/mol. The number of aryl methyl sites for hydroxylation is 1. The third kappa shape index (κ3) is 3.58. The van der Waals surface area contributed by atoms with Crippen molar-refractivity contribution < 1.29 is 8.42 Å². The van der Waals surface area contributed by atoms with Crippen LogP contribution in [-0.2, 0) is 10.0 Å². The lowest BCUT2D eigenvalue weighted by atomic mass is 10.2. The summed E-state index contributed by atoms with van der Waals surface area (Å²) in [6.07, 6.45) is 0. The molecule has 0 saturated heterocycles. The standard InChI is InChI=1S/C13H12BrN3O2S2/c1-8-10(14)6-7-12(16-8)17-21(18,19)11-5-3-2-4-9(11)13(15)20/h2-7H,1H3,(H2,15,20)(H,16,17). The minimum Gasteiger partial charge on any atom is -0.389 e. The molecule has 8 heteroatoms. The lowest BCUT2D eigenvalue weighted by Crippen LogP contribution is -2.20. The first kappa shape index (κ1) is 15.9. The highest BCUT2D eigenvalue weighted by molar-refractivity contribution is 9.10. The molecule has 2 aromatic rings. The van der Waals surface area contributed by atoms with Crippen LogP contribution in [0, 0.1) is 6.92 Å². The molecule has 1 heterocycles. The summed E-state index contributed by atoms with van der Waals surface area (Å²) in [4.78, 5) is 4.21. The lowest BCUT2D eigenvalue weighted by Gasteiger charge is -2.11. The molecule has 1 aromatic carbocycles. The zero-order chi connectivity index (χ0) is 15.6. The Labute approximate surface area is 136 Å². The van der Waals surface area contributed by atoms with Crippen molar-refractivity contribution in [3.05, 3.63) is 52.1 Å². The molecule has 5 nitrogen and oxygen atoms in total. The maximum atomic E-state index is 12.4. The Morgan fingerprint density at radius 1 is 1.29 bits per heavy atom. The summed E-state index contributed by atoms with van der Waals surface area (Å²) in [5, 5.41) is 0. The number of hydrogen-bond donors (Lipinski definition) is 2. The van der Waals surface area contributed by atoms with Crippen LogP contribution in [0.5, 0.6) is 0 Å². The van der Waals surface area contributed by atoms with Gasteiger partial charge in [0.2, 0.25) is 0 Å². The number of nitrogens with two attached hydrogens (primary N) is 1. The number of rotatable bonds is 4. The van der Waals surface area contributed by atoms with Gasteiger partial charge in [0.15, 0.2) is 0 Å². The number of hydrogen-bond acceptors (Lipinski definition) is 4. The molecular weight excluding hydrogens is 374 g/mol. The van der Waals surface area contributed by atoms with Gasteiger partial charge in [-0.25, -0.2) is 13.4 Å². The second kappa shape index (κ2) is 6.08. The van der Waals surface area contributed by atoms with E-state index >= 15 is 0 Å². The van der Waals surface area contributed by atoms with Crippen LogP contribution in [0.15, 0.2) is 45.8 Å². The summed E-state index contributed by atoms with van der Waals surface area (Å²) in [7, 11) is -3.81. The number of sulfonamides is 1. The molecule has 0 fully saturated rings. The molecule has 0 aliphatic carbocycles. The van der Waals surface area contributed by atoms with Crippen molar-refractivity contribution >= 4 is 49.0 Å². The number of nitrogens with zero attached hydrogens (tertiary/aromatic N) is 1. The van der Waals surface area contributed by atoms with Crippen LogP contribution in [0.4, 0.5) is 5.82 Å². The van der Waals surface area contributed by atoms with Gasteiger partial charge in [0.1, 0.15) is 10.8 Å². The summed E-state index contributed by atoms with van der Waals surface area (Å²) in [5.41, 5.74) is 6.54. The van der Waals surface area contributed by atoms with Crippen LogP contribution in [0.1, 0.15) is 11.3 Å². The summed E-state index contributed by atoms with van der Waals surface area (Å²) in [6.45, 7) is 1.77. The molecule has 1 aromatic heterocycles. The van der Waals surface area contributed by atoms with Crippen molar-refractivity contribution in [3.63, 3.8) is 0 Å². The van der Waals surface area contributed by atoms with E-state index in [1.807, 2.05) is 0 Å². The first-order chi connectivity index (χ1) is 9.81. The molecule has 0 bridgehead atoms. The van der Waals surface area contributed by atoms with Gasteiger partial charge in [-0.1, -0.05) is 30.4 Å². The molecule has 2 rings (SSSR count). The van der Waals surface area contributed by atoms with E-state index in [1.54, 1.807) is 37.3 Å². The third-order valence-corrected chi connectivity index (χ3v) is 5.17. The van der Waals surface area contributed by atoms with E-state index in [0.717, 1.165) is 4.47 Å². The molecule has 110 valence electrons. The van der Waals surface area contributed by atoms with Gasteiger partial charge >= 0.3 is 0 Å². The molecule has 21 heavy (non-hydrogen) atoms. The Hall–Kier alpha value is -1.51. The molecule has 0 aliphatic heterocycles. The number of aromatic nitrogens is 1.